The Balaban J connectivity index is 2.01. The van der Waals surface area contributed by atoms with Crippen molar-refractivity contribution in [2.75, 3.05) is 24.7 Å². The SMILES string of the molecule is CC1(C)CN(C2CCOC2)c2ccc(F)cc21. The number of hydrogen-bond donors (Lipinski definition) is 0. The molecule has 0 radical (unpaired) electrons. The van der Waals surface area contributed by atoms with Crippen molar-refractivity contribution in [3.63, 3.8) is 0 Å². The van der Waals surface area contributed by atoms with Crippen LogP contribution < -0.4 is 4.90 Å². The maximum absolute atomic E-state index is 13.4. The number of halogens is 1. The highest BCUT2D eigenvalue weighted by atomic mass is 19.1. The second-order valence-electron chi connectivity index (χ2n) is 5.69. The molecule has 2 nitrogen and oxygen atoms in total. The highest BCUT2D eigenvalue weighted by Crippen LogP contribution is 2.42. The lowest BCUT2D eigenvalue weighted by Gasteiger charge is -2.27. The first-order valence-corrected chi connectivity index (χ1v) is 6.22. The smallest absolute Gasteiger partial charge is 0.123 e. The molecule has 3 heteroatoms. The minimum absolute atomic E-state index is 0.0278. The molecule has 17 heavy (non-hydrogen) atoms. The molecule has 2 aliphatic rings. The van der Waals surface area contributed by atoms with Gasteiger partial charge in [0.05, 0.1) is 12.6 Å². The lowest BCUT2D eigenvalue weighted by Crippen LogP contribution is -2.37. The quantitative estimate of drug-likeness (QED) is 0.742. The predicted octanol–water partition coefficient (Wildman–Crippen LogP) is 2.71. The zero-order valence-corrected chi connectivity index (χ0v) is 10.4. The van der Waals surface area contributed by atoms with Gasteiger partial charge in [0.1, 0.15) is 5.82 Å². The number of ether oxygens (including phenoxy) is 1. The minimum atomic E-state index is -0.138. The molecule has 1 saturated heterocycles. The van der Waals surface area contributed by atoms with Crippen LogP contribution in [0, 0.1) is 5.82 Å². The fraction of sp³-hybridized carbons (Fsp3) is 0.571. The summed E-state index contributed by atoms with van der Waals surface area (Å²) < 4.78 is 18.8. The van der Waals surface area contributed by atoms with Crippen molar-refractivity contribution in [1.82, 2.24) is 0 Å². The van der Waals surface area contributed by atoms with Crippen LogP contribution in [0.15, 0.2) is 18.2 Å². The molecule has 0 aromatic heterocycles. The molecule has 0 N–H and O–H groups in total. The first kappa shape index (κ1) is 11.0. The lowest BCUT2D eigenvalue weighted by molar-refractivity contribution is 0.193. The van der Waals surface area contributed by atoms with E-state index >= 15 is 0 Å². The van der Waals surface area contributed by atoms with Crippen molar-refractivity contribution in [3.8, 4) is 0 Å². The molecular weight excluding hydrogens is 217 g/mol. The van der Waals surface area contributed by atoms with Gasteiger partial charge in [-0.15, -0.1) is 0 Å². The molecule has 1 fully saturated rings. The van der Waals surface area contributed by atoms with Crippen LogP contribution in [0.2, 0.25) is 0 Å². The third kappa shape index (κ3) is 1.73. The van der Waals surface area contributed by atoms with E-state index in [9.17, 15) is 4.39 Å². The second kappa shape index (κ2) is 3.70. The molecule has 1 atom stereocenters. The van der Waals surface area contributed by atoms with E-state index in [2.05, 4.69) is 18.7 Å². The Morgan fingerprint density at radius 1 is 1.41 bits per heavy atom. The number of nitrogens with zero attached hydrogens (tertiary/aromatic N) is 1. The molecule has 0 saturated carbocycles. The van der Waals surface area contributed by atoms with Gasteiger partial charge < -0.3 is 9.64 Å². The Labute approximate surface area is 101 Å². The standard InChI is InChI=1S/C14H18FNO/c1-14(2)9-16(11-5-6-17-8-11)13-4-3-10(15)7-12(13)14/h3-4,7,11H,5-6,8-9H2,1-2H3. The normalized spacial score (nSPS) is 26.3. The van der Waals surface area contributed by atoms with Gasteiger partial charge in [0.2, 0.25) is 0 Å². The number of anilines is 1. The lowest BCUT2D eigenvalue weighted by atomic mass is 9.87. The molecule has 1 aromatic carbocycles. The van der Waals surface area contributed by atoms with Crippen molar-refractivity contribution < 1.29 is 9.13 Å². The third-order valence-electron chi connectivity index (χ3n) is 3.91. The predicted molar refractivity (Wildman–Crippen MR) is 66.0 cm³/mol. The van der Waals surface area contributed by atoms with Gasteiger partial charge in [-0.05, 0) is 30.2 Å². The van der Waals surface area contributed by atoms with E-state index in [-0.39, 0.29) is 11.2 Å². The fourth-order valence-corrected chi connectivity index (χ4v) is 2.99. The minimum Gasteiger partial charge on any atom is -0.379 e. The fourth-order valence-electron chi connectivity index (χ4n) is 2.99. The van der Waals surface area contributed by atoms with E-state index in [1.165, 1.54) is 5.69 Å². The molecule has 92 valence electrons. The van der Waals surface area contributed by atoms with Gasteiger partial charge in [-0.2, -0.15) is 0 Å². The first-order chi connectivity index (χ1) is 8.08. The summed E-state index contributed by atoms with van der Waals surface area (Å²) in [6.07, 6.45) is 1.08. The van der Waals surface area contributed by atoms with Crippen molar-refractivity contribution in [1.29, 1.82) is 0 Å². The van der Waals surface area contributed by atoms with Crippen LogP contribution in [-0.2, 0) is 10.2 Å². The summed E-state index contributed by atoms with van der Waals surface area (Å²) in [5.74, 6) is -0.138. The monoisotopic (exact) mass is 235 g/mol. The zero-order valence-electron chi connectivity index (χ0n) is 10.4. The maximum atomic E-state index is 13.4. The average Bonchev–Trinajstić information content (AvgIpc) is 2.86. The second-order valence-corrected chi connectivity index (χ2v) is 5.69. The summed E-state index contributed by atoms with van der Waals surface area (Å²) in [6.45, 7) is 6.97. The molecule has 2 heterocycles. The summed E-state index contributed by atoms with van der Waals surface area (Å²) in [4.78, 5) is 2.39. The molecule has 2 aliphatic heterocycles. The molecular formula is C14H18FNO. The Morgan fingerprint density at radius 3 is 2.94 bits per heavy atom. The molecule has 0 aliphatic carbocycles. The Morgan fingerprint density at radius 2 is 2.24 bits per heavy atom. The first-order valence-electron chi connectivity index (χ1n) is 6.22. The largest absolute Gasteiger partial charge is 0.379 e. The van der Waals surface area contributed by atoms with Gasteiger partial charge in [-0.25, -0.2) is 4.39 Å². The molecule has 1 unspecified atom stereocenters. The number of hydrogen-bond acceptors (Lipinski definition) is 2. The van der Waals surface area contributed by atoms with E-state index in [1.807, 2.05) is 6.07 Å². The maximum Gasteiger partial charge on any atom is 0.123 e. The number of fused-ring (bicyclic) bond motifs is 1. The zero-order chi connectivity index (χ0) is 12.0. The summed E-state index contributed by atoms with van der Waals surface area (Å²) in [6, 6.07) is 5.62. The van der Waals surface area contributed by atoms with Crippen LogP contribution >= 0.6 is 0 Å². The summed E-state index contributed by atoms with van der Waals surface area (Å²) in [5, 5.41) is 0. The van der Waals surface area contributed by atoms with Crippen molar-refractivity contribution in [2.45, 2.75) is 31.7 Å². The number of benzene rings is 1. The van der Waals surface area contributed by atoms with Crippen molar-refractivity contribution in [3.05, 3.63) is 29.6 Å². The van der Waals surface area contributed by atoms with Crippen LogP contribution in [-0.4, -0.2) is 25.8 Å². The molecule has 3 rings (SSSR count). The van der Waals surface area contributed by atoms with E-state index < -0.39 is 0 Å². The van der Waals surface area contributed by atoms with E-state index in [4.69, 9.17) is 4.74 Å². The topological polar surface area (TPSA) is 12.5 Å². The van der Waals surface area contributed by atoms with Crippen LogP contribution in [0.5, 0.6) is 0 Å². The third-order valence-corrected chi connectivity index (χ3v) is 3.91. The Bertz CT molecular complexity index is 438. The van der Waals surface area contributed by atoms with Crippen LogP contribution in [0.4, 0.5) is 10.1 Å². The number of rotatable bonds is 1. The summed E-state index contributed by atoms with van der Waals surface area (Å²) in [5.41, 5.74) is 2.34. The van der Waals surface area contributed by atoms with Gasteiger partial charge >= 0.3 is 0 Å². The van der Waals surface area contributed by atoms with E-state index in [0.717, 1.165) is 31.7 Å². The molecule has 0 amide bonds. The summed E-state index contributed by atoms with van der Waals surface area (Å²) >= 11 is 0. The van der Waals surface area contributed by atoms with Crippen LogP contribution in [0.1, 0.15) is 25.8 Å². The highest BCUT2D eigenvalue weighted by Gasteiger charge is 2.39. The van der Waals surface area contributed by atoms with Gasteiger partial charge in [0.15, 0.2) is 0 Å². The van der Waals surface area contributed by atoms with Crippen molar-refractivity contribution >= 4 is 5.69 Å². The highest BCUT2D eigenvalue weighted by molar-refractivity contribution is 5.63. The molecule has 0 bridgehead atoms. The Hall–Kier alpha value is -1.09. The van der Waals surface area contributed by atoms with E-state index in [0.29, 0.717) is 6.04 Å². The van der Waals surface area contributed by atoms with Crippen molar-refractivity contribution in [2.24, 2.45) is 0 Å². The van der Waals surface area contributed by atoms with Gasteiger partial charge in [-0.1, -0.05) is 13.8 Å². The molecule has 1 aromatic rings. The van der Waals surface area contributed by atoms with Crippen LogP contribution in [0.3, 0.4) is 0 Å². The van der Waals surface area contributed by atoms with Crippen LogP contribution in [0.25, 0.3) is 0 Å². The molecule has 0 spiro atoms. The van der Waals surface area contributed by atoms with Gasteiger partial charge in [-0.3, -0.25) is 0 Å². The van der Waals surface area contributed by atoms with Gasteiger partial charge in [0.25, 0.3) is 0 Å². The van der Waals surface area contributed by atoms with Gasteiger partial charge in [0, 0.05) is 24.3 Å². The summed E-state index contributed by atoms with van der Waals surface area (Å²) in [7, 11) is 0. The Kier molecular flexibility index (Phi) is 2.40. The van der Waals surface area contributed by atoms with E-state index in [1.54, 1.807) is 12.1 Å². The average molecular weight is 235 g/mol.